The van der Waals surface area contributed by atoms with Crippen LogP contribution in [-0.4, -0.2) is 19.1 Å². The molecule has 2 aromatic rings. The molecule has 0 saturated heterocycles. The molecular formula is C19H20FNO3. The fraction of sp³-hybridized carbons (Fsp3) is 0.316. The third-order valence-electron chi connectivity index (χ3n) is 3.99. The summed E-state index contributed by atoms with van der Waals surface area (Å²) in [5.74, 6) is 0.853. The molecule has 0 saturated carbocycles. The second-order valence-electron chi connectivity index (χ2n) is 5.70. The first-order valence-corrected chi connectivity index (χ1v) is 8.13. The minimum Gasteiger partial charge on any atom is -0.490 e. The van der Waals surface area contributed by atoms with E-state index in [1.807, 2.05) is 25.1 Å². The number of fused-ring (bicyclic) bond motifs is 1. The zero-order valence-corrected chi connectivity index (χ0v) is 13.5. The number of rotatable bonds is 4. The van der Waals surface area contributed by atoms with Crippen LogP contribution in [0.4, 0.5) is 4.39 Å². The van der Waals surface area contributed by atoms with Gasteiger partial charge >= 0.3 is 0 Å². The lowest BCUT2D eigenvalue weighted by molar-refractivity contribution is 0.0935. The van der Waals surface area contributed by atoms with E-state index < -0.39 is 0 Å². The molecule has 0 spiro atoms. The average molecular weight is 329 g/mol. The lowest BCUT2D eigenvalue weighted by Gasteiger charge is -2.19. The van der Waals surface area contributed by atoms with Crippen molar-refractivity contribution in [3.8, 4) is 11.5 Å². The molecule has 1 aliphatic heterocycles. The van der Waals surface area contributed by atoms with Crippen LogP contribution in [-0.2, 0) is 0 Å². The summed E-state index contributed by atoms with van der Waals surface area (Å²) in [6.07, 6.45) is 1.58. The first-order chi connectivity index (χ1) is 11.7. The molecule has 1 heterocycles. The average Bonchev–Trinajstić information content (AvgIpc) is 2.84. The first kappa shape index (κ1) is 16.3. The first-order valence-electron chi connectivity index (χ1n) is 8.13. The van der Waals surface area contributed by atoms with Crippen LogP contribution in [0.5, 0.6) is 11.5 Å². The van der Waals surface area contributed by atoms with Crippen molar-refractivity contribution in [2.45, 2.75) is 25.8 Å². The Labute approximate surface area is 140 Å². The van der Waals surface area contributed by atoms with E-state index in [1.165, 1.54) is 24.3 Å². The largest absolute Gasteiger partial charge is 0.490 e. The Morgan fingerprint density at radius 2 is 1.83 bits per heavy atom. The van der Waals surface area contributed by atoms with Gasteiger partial charge in [-0.25, -0.2) is 4.39 Å². The van der Waals surface area contributed by atoms with E-state index in [9.17, 15) is 9.18 Å². The standard InChI is InChI=1S/C19H20FNO3/c1-2-16(21-19(22)13-4-7-15(20)8-5-13)14-6-9-17-18(12-14)24-11-3-10-23-17/h4-9,12,16H,2-3,10-11H2,1H3,(H,21,22)/t16-/m0/s1. The fourth-order valence-corrected chi connectivity index (χ4v) is 2.66. The number of halogens is 1. The van der Waals surface area contributed by atoms with Gasteiger partial charge in [-0.1, -0.05) is 13.0 Å². The maximum atomic E-state index is 13.0. The van der Waals surface area contributed by atoms with Crippen molar-refractivity contribution < 1.29 is 18.7 Å². The summed E-state index contributed by atoms with van der Waals surface area (Å²) in [6.45, 7) is 3.26. The molecule has 1 aliphatic rings. The Balaban J connectivity index is 1.77. The third-order valence-corrected chi connectivity index (χ3v) is 3.99. The SMILES string of the molecule is CC[C@H](NC(=O)c1ccc(F)cc1)c1ccc2c(c1)OCCCO2. The molecule has 0 bridgehead atoms. The molecule has 5 heteroatoms. The lowest BCUT2D eigenvalue weighted by atomic mass is 10.0. The van der Waals surface area contributed by atoms with Crippen molar-refractivity contribution in [2.24, 2.45) is 0 Å². The monoisotopic (exact) mass is 329 g/mol. The second-order valence-corrected chi connectivity index (χ2v) is 5.70. The number of nitrogens with one attached hydrogen (secondary N) is 1. The molecule has 1 atom stereocenters. The van der Waals surface area contributed by atoms with E-state index in [0.717, 1.165) is 24.2 Å². The summed E-state index contributed by atoms with van der Waals surface area (Å²) in [5.41, 5.74) is 1.39. The molecule has 1 amide bonds. The van der Waals surface area contributed by atoms with Crippen molar-refractivity contribution in [3.63, 3.8) is 0 Å². The predicted octanol–water partition coefficient (Wildman–Crippen LogP) is 3.87. The maximum absolute atomic E-state index is 13.0. The van der Waals surface area contributed by atoms with E-state index in [1.54, 1.807) is 0 Å². The van der Waals surface area contributed by atoms with Crippen LogP contribution < -0.4 is 14.8 Å². The van der Waals surface area contributed by atoms with Crippen molar-refractivity contribution in [1.82, 2.24) is 5.32 Å². The van der Waals surface area contributed by atoms with Gasteiger partial charge in [-0.05, 0) is 48.4 Å². The van der Waals surface area contributed by atoms with Crippen LogP contribution in [0.25, 0.3) is 0 Å². The lowest BCUT2D eigenvalue weighted by Crippen LogP contribution is -2.28. The molecule has 0 aromatic heterocycles. The highest BCUT2D eigenvalue weighted by Gasteiger charge is 2.17. The molecule has 2 aromatic carbocycles. The third kappa shape index (κ3) is 3.67. The number of amides is 1. The Morgan fingerprint density at radius 3 is 2.54 bits per heavy atom. The van der Waals surface area contributed by atoms with Crippen molar-refractivity contribution in [2.75, 3.05) is 13.2 Å². The zero-order valence-electron chi connectivity index (χ0n) is 13.5. The Morgan fingerprint density at radius 1 is 1.12 bits per heavy atom. The minimum atomic E-state index is -0.360. The number of carbonyl (C=O) groups is 1. The number of hydrogen-bond donors (Lipinski definition) is 1. The number of carbonyl (C=O) groups excluding carboxylic acids is 1. The summed E-state index contributed by atoms with van der Waals surface area (Å²) in [4.78, 5) is 12.4. The Hall–Kier alpha value is -2.56. The summed E-state index contributed by atoms with van der Waals surface area (Å²) < 4.78 is 24.3. The van der Waals surface area contributed by atoms with Gasteiger partial charge in [0.25, 0.3) is 5.91 Å². The molecule has 1 N–H and O–H groups in total. The number of hydrogen-bond acceptors (Lipinski definition) is 3. The Bertz CT molecular complexity index is 715. The van der Waals surface area contributed by atoms with Crippen LogP contribution in [0.2, 0.25) is 0 Å². The van der Waals surface area contributed by atoms with E-state index >= 15 is 0 Å². The summed E-state index contributed by atoms with van der Waals surface area (Å²) in [6, 6.07) is 11.1. The van der Waals surface area contributed by atoms with Crippen LogP contribution >= 0.6 is 0 Å². The summed E-state index contributed by atoms with van der Waals surface area (Å²) >= 11 is 0. The van der Waals surface area contributed by atoms with Crippen molar-refractivity contribution >= 4 is 5.91 Å². The van der Waals surface area contributed by atoms with Crippen LogP contribution in [0, 0.1) is 5.82 Å². The molecule has 24 heavy (non-hydrogen) atoms. The normalized spacial score (nSPS) is 14.6. The van der Waals surface area contributed by atoms with E-state index in [4.69, 9.17) is 9.47 Å². The van der Waals surface area contributed by atoms with Gasteiger partial charge in [0.05, 0.1) is 19.3 Å². The maximum Gasteiger partial charge on any atom is 0.251 e. The predicted molar refractivity (Wildman–Crippen MR) is 88.9 cm³/mol. The van der Waals surface area contributed by atoms with Crippen LogP contribution in [0.3, 0.4) is 0 Å². The fourth-order valence-electron chi connectivity index (χ4n) is 2.66. The Kier molecular flexibility index (Phi) is 4.99. The highest BCUT2D eigenvalue weighted by molar-refractivity contribution is 5.94. The summed E-state index contributed by atoms with van der Waals surface area (Å²) in [7, 11) is 0. The minimum absolute atomic E-state index is 0.153. The van der Waals surface area contributed by atoms with Gasteiger partial charge in [0.1, 0.15) is 5.82 Å². The van der Waals surface area contributed by atoms with Gasteiger partial charge in [-0.2, -0.15) is 0 Å². The van der Waals surface area contributed by atoms with E-state index in [2.05, 4.69) is 5.32 Å². The highest BCUT2D eigenvalue weighted by Crippen LogP contribution is 2.33. The van der Waals surface area contributed by atoms with Crippen LogP contribution in [0.1, 0.15) is 41.7 Å². The van der Waals surface area contributed by atoms with Gasteiger partial charge in [-0.15, -0.1) is 0 Å². The van der Waals surface area contributed by atoms with E-state index in [-0.39, 0.29) is 17.8 Å². The quantitative estimate of drug-likeness (QED) is 0.926. The number of ether oxygens (including phenoxy) is 2. The molecule has 0 radical (unpaired) electrons. The van der Waals surface area contributed by atoms with Gasteiger partial charge in [0.15, 0.2) is 11.5 Å². The van der Waals surface area contributed by atoms with Crippen molar-refractivity contribution in [1.29, 1.82) is 0 Å². The van der Waals surface area contributed by atoms with Gasteiger partial charge in [0.2, 0.25) is 0 Å². The highest BCUT2D eigenvalue weighted by atomic mass is 19.1. The summed E-state index contributed by atoms with van der Waals surface area (Å²) in [5, 5.41) is 2.98. The van der Waals surface area contributed by atoms with Crippen LogP contribution in [0.15, 0.2) is 42.5 Å². The topological polar surface area (TPSA) is 47.6 Å². The molecule has 4 nitrogen and oxygen atoms in total. The van der Waals surface area contributed by atoms with E-state index in [0.29, 0.717) is 24.5 Å². The molecule has 0 aliphatic carbocycles. The van der Waals surface area contributed by atoms with Crippen molar-refractivity contribution in [3.05, 3.63) is 59.4 Å². The number of benzene rings is 2. The second kappa shape index (κ2) is 7.34. The van der Waals surface area contributed by atoms with Gasteiger partial charge in [0, 0.05) is 12.0 Å². The molecule has 0 unspecified atom stereocenters. The van der Waals surface area contributed by atoms with Gasteiger partial charge in [-0.3, -0.25) is 4.79 Å². The molecule has 0 fully saturated rings. The molecule has 126 valence electrons. The molecular weight excluding hydrogens is 309 g/mol. The zero-order chi connectivity index (χ0) is 16.9. The smallest absolute Gasteiger partial charge is 0.251 e. The molecule has 3 rings (SSSR count). The van der Waals surface area contributed by atoms with Gasteiger partial charge < -0.3 is 14.8 Å².